The predicted octanol–water partition coefficient (Wildman–Crippen LogP) is 0.738. The van der Waals surface area contributed by atoms with Crippen LogP contribution in [0, 0.1) is 0 Å². The van der Waals surface area contributed by atoms with Crippen molar-refractivity contribution in [2.24, 2.45) is 0 Å². The van der Waals surface area contributed by atoms with Crippen LogP contribution in [0.1, 0.15) is 13.3 Å². The summed E-state index contributed by atoms with van der Waals surface area (Å²) in [6.45, 7) is 8.32. The Morgan fingerprint density at radius 3 is 3.00 bits per heavy atom. The predicted molar refractivity (Wildman–Crippen MR) is 53.2 cm³/mol. The Labute approximate surface area is 84.2 Å². The minimum atomic E-state index is -0.912. The Morgan fingerprint density at radius 1 is 1.71 bits per heavy atom. The van der Waals surface area contributed by atoms with Crippen LogP contribution in [0.4, 0.5) is 0 Å². The van der Waals surface area contributed by atoms with E-state index >= 15 is 0 Å². The zero-order valence-electron chi connectivity index (χ0n) is 8.53. The van der Waals surface area contributed by atoms with Crippen LogP contribution < -0.4 is 0 Å². The summed E-state index contributed by atoms with van der Waals surface area (Å²) in [6, 6.07) is 0. The van der Waals surface area contributed by atoms with E-state index in [0.717, 1.165) is 19.5 Å². The lowest BCUT2D eigenvalue weighted by Crippen LogP contribution is -2.43. The molecule has 1 aliphatic rings. The van der Waals surface area contributed by atoms with Crippen molar-refractivity contribution in [3.05, 3.63) is 12.2 Å². The molecule has 0 spiro atoms. The van der Waals surface area contributed by atoms with Gasteiger partial charge in [-0.25, -0.2) is 4.79 Å². The van der Waals surface area contributed by atoms with Gasteiger partial charge >= 0.3 is 5.97 Å². The molecule has 4 nitrogen and oxygen atoms in total. The number of aliphatic carboxylic acids is 1. The van der Waals surface area contributed by atoms with Gasteiger partial charge < -0.3 is 9.84 Å². The van der Waals surface area contributed by atoms with Gasteiger partial charge in [-0.05, 0) is 6.42 Å². The summed E-state index contributed by atoms with van der Waals surface area (Å²) in [4.78, 5) is 12.6. The van der Waals surface area contributed by atoms with Crippen molar-refractivity contribution >= 4 is 5.97 Å². The average Bonchev–Trinajstić information content (AvgIpc) is 2.18. The number of hydrogen-bond acceptors (Lipinski definition) is 3. The van der Waals surface area contributed by atoms with Gasteiger partial charge in [0, 0.05) is 25.2 Å². The van der Waals surface area contributed by atoms with Crippen molar-refractivity contribution < 1.29 is 14.6 Å². The van der Waals surface area contributed by atoms with Crippen molar-refractivity contribution in [2.45, 2.75) is 19.4 Å². The molecule has 4 heteroatoms. The minimum Gasteiger partial charge on any atom is -0.478 e. The van der Waals surface area contributed by atoms with E-state index in [4.69, 9.17) is 9.84 Å². The van der Waals surface area contributed by atoms with Crippen LogP contribution in [0.3, 0.4) is 0 Å². The first-order valence-electron chi connectivity index (χ1n) is 4.88. The number of ether oxygens (including phenoxy) is 1. The monoisotopic (exact) mass is 199 g/mol. The van der Waals surface area contributed by atoms with E-state index in [0.29, 0.717) is 13.2 Å². The zero-order chi connectivity index (χ0) is 10.6. The average molecular weight is 199 g/mol. The van der Waals surface area contributed by atoms with E-state index in [2.05, 4.69) is 18.4 Å². The number of carbonyl (C=O) groups is 1. The van der Waals surface area contributed by atoms with Gasteiger partial charge in [0.2, 0.25) is 0 Å². The van der Waals surface area contributed by atoms with Crippen LogP contribution in [-0.4, -0.2) is 48.3 Å². The summed E-state index contributed by atoms with van der Waals surface area (Å²) in [6.07, 6.45) is 1.21. The highest BCUT2D eigenvalue weighted by atomic mass is 16.5. The van der Waals surface area contributed by atoms with Crippen LogP contribution >= 0.6 is 0 Å². The maximum atomic E-state index is 10.6. The van der Waals surface area contributed by atoms with Crippen LogP contribution in [-0.2, 0) is 9.53 Å². The first-order valence-corrected chi connectivity index (χ1v) is 4.88. The highest BCUT2D eigenvalue weighted by molar-refractivity contribution is 5.86. The highest BCUT2D eigenvalue weighted by Crippen LogP contribution is 2.09. The molecule has 1 N–H and O–H groups in total. The third-order valence-electron chi connectivity index (χ3n) is 2.40. The first kappa shape index (κ1) is 11.2. The standard InChI is InChI=1S/C10H17NO3/c1-3-9-7-11(4-5-14-9)6-8(2)10(12)13/h9H,2-7H2,1H3,(H,12,13). The van der Waals surface area contributed by atoms with Gasteiger partial charge in [0.25, 0.3) is 0 Å². The van der Waals surface area contributed by atoms with Crippen LogP contribution in [0.25, 0.3) is 0 Å². The summed E-state index contributed by atoms with van der Waals surface area (Å²) < 4.78 is 5.48. The molecule has 14 heavy (non-hydrogen) atoms. The molecule has 1 unspecified atom stereocenters. The molecule has 80 valence electrons. The van der Waals surface area contributed by atoms with E-state index in [9.17, 15) is 4.79 Å². The maximum absolute atomic E-state index is 10.6. The molecule has 0 bridgehead atoms. The van der Waals surface area contributed by atoms with Gasteiger partial charge in [-0.15, -0.1) is 0 Å². The quantitative estimate of drug-likeness (QED) is 0.678. The third kappa shape index (κ3) is 3.12. The van der Waals surface area contributed by atoms with Gasteiger partial charge in [0.05, 0.1) is 12.7 Å². The molecule has 0 aromatic heterocycles. The summed E-state index contributed by atoms with van der Waals surface area (Å²) in [5.41, 5.74) is 0.252. The van der Waals surface area contributed by atoms with E-state index in [-0.39, 0.29) is 11.7 Å². The Hall–Kier alpha value is -0.870. The Morgan fingerprint density at radius 2 is 2.43 bits per heavy atom. The van der Waals surface area contributed by atoms with Gasteiger partial charge in [-0.1, -0.05) is 13.5 Å². The fraction of sp³-hybridized carbons (Fsp3) is 0.700. The van der Waals surface area contributed by atoms with E-state index in [1.165, 1.54) is 0 Å². The fourth-order valence-electron chi connectivity index (χ4n) is 1.51. The molecule has 1 saturated heterocycles. The Balaban J connectivity index is 2.37. The second-order valence-corrected chi connectivity index (χ2v) is 3.54. The van der Waals surface area contributed by atoms with Gasteiger partial charge in [-0.3, -0.25) is 4.90 Å². The maximum Gasteiger partial charge on any atom is 0.332 e. The summed E-state index contributed by atoms with van der Waals surface area (Å²) in [5.74, 6) is -0.912. The lowest BCUT2D eigenvalue weighted by molar-refractivity contribution is -0.133. The highest BCUT2D eigenvalue weighted by Gasteiger charge is 2.20. The molecule has 0 aromatic rings. The van der Waals surface area contributed by atoms with Crippen LogP contribution in [0.5, 0.6) is 0 Å². The molecule has 1 rings (SSSR count). The first-order chi connectivity index (χ1) is 6.63. The molecule has 0 amide bonds. The zero-order valence-corrected chi connectivity index (χ0v) is 8.53. The van der Waals surface area contributed by atoms with Crippen molar-refractivity contribution in [3.63, 3.8) is 0 Å². The minimum absolute atomic E-state index is 0.241. The van der Waals surface area contributed by atoms with E-state index in [1.54, 1.807) is 0 Å². The number of rotatable bonds is 4. The second-order valence-electron chi connectivity index (χ2n) is 3.54. The largest absolute Gasteiger partial charge is 0.478 e. The van der Waals surface area contributed by atoms with E-state index in [1.807, 2.05) is 0 Å². The molecule has 1 heterocycles. The number of carboxylic acids is 1. The molecule has 1 atom stereocenters. The van der Waals surface area contributed by atoms with Crippen LogP contribution in [0.15, 0.2) is 12.2 Å². The molecule has 0 saturated carbocycles. The molecule has 0 aromatic carbocycles. The van der Waals surface area contributed by atoms with Crippen LogP contribution in [0.2, 0.25) is 0 Å². The smallest absolute Gasteiger partial charge is 0.332 e. The molecule has 1 fully saturated rings. The van der Waals surface area contributed by atoms with E-state index < -0.39 is 5.97 Å². The van der Waals surface area contributed by atoms with Crippen molar-refractivity contribution in [3.8, 4) is 0 Å². The van der Waals surface area contributed by atoms with Gasteiger partial charge in [0.15, 0.2) is 0 Å². The van der Waals surface area contributed by atoms with Gasteiger partial charge in [-0.2, -0.15) is 0 Å². The second kappa shape index (κ2) is 5.12. The molecular formula is C10H17NO3. The number of nitrogens with zero attached hydrogens (tertiary/aromatic N) is 1. The lowest BCUT2D eigenvalue weighted by atomic mass is 10.2. The molecular weight excluding hydrogens is 182 g/mol. The molecule has 0 radical (unpaired) electrons. The molecule has 1 aliphatic heterocycles. The number of morpholine rings is 1. The van der Waals surface area contributed by atoms with Crippen molar-refractivity contribution in [1.82, 2.24) is 4.90 Å². The number of carboxylic acid groups (broad SMARTS) is 1. The van der Waals surface area contributed by atoms with Crippen molar-refractivity contribution in [2.75, 3.05) is 26.2 Å². The Bertz CT molecular complexity index is 227. The Kier molecular flexibility index (Phi) is 4.10. The normalized spacial score (nSPS) is 23.4. The fourth-order valence-corrected chi connectivity index (χ4v) is 1.51. The third-order valence-corrected chi connectivity index (χ3v) is 2.40. The number of hydrogen-bond donors (Lipinski definition) is 1. The topological polar surface area (TPSA) is 49.8 Å². The molecule has 0 aliphatic carbocycles. The summed E-state index contributed by atoms with van der Waals surface area (Å²) in [5, 5.41) is 8.68. The van der Waals surface area contributed by atoms with Crippen molar-refractivity contribution in [1.29, 1.82) is 0 Å². The van der Waals surface area contributed by atoms with Gasteiger partial charge in [0.1, 0.15) is 0 Å². The summed E-state index contributed by atoms with van der Waals surface area (Å²) >= 11 is 0. The SMILES string of the molecule is C=C(CN1CCOC(CC)C1)C(=O)O. The summed E-state index contributed by atoms with van der Waals surface area (Å²) in [7, 11) is 0. The lowest BCUT2D eigenvalue weighted by Gasteiger charge is -2.32.